The largest absolute Gasteiger partial charge is 0.291 e. The van der Waals surface area contributed by atoms with E-state index in [0.717, 1.165) is 19.9 Å². The van der Waals surface area contributed by atoms with Crippen molar-refractivity contribution in [3.05, 3.63) is 69.7 Å². The minimum atomic E-state index is -0.363. The van der Waals surface area contributed by atoms with Gasteiger partial charge in [0.1, 0.15) is 0 Å². The predicted octanol–water partition coefficient (Wildman–Crippen LogP) is 4.33. The molecule has 0 atom stereocenters. The van der Waals surface area contributed by atoms with Gasteiger partial charge in [-0.05, 0) is 45.8 Å². The van der Waals surface area contributed by atoms with Crippen molar-refractivity contribution in [1.29, 1.82) is 0 Å². The van der Waals surface area contributed by atoms with Crippen LogP contribution >= 0.6 is 27.3 Å². The fourth-order valence-corrected chi connectivity index (χ4v) is 3.29. The van der Waals surface area contributed by atoms with Gasteiger partial charge in [-0.3, -0.25) is 9.89 Å². The Labute approximate surface area is 151 Å². The molecule has 1 aromatic carbocycles. The summed E-state index contributed by atoms with van der Waals surface area (Å²) in [6.45, 7) is 0. The lowest BCUT2D eigenvalue weighted by Crippen LogP contribution is -2.17. The Morgan fingerprint density at radius 2 is 2.08 bits per heavy atom. The molecule has 0 fully saturated rings. The first-order chi connectivity index (χ1) is 11.7. The van der Waals surface area contributed by atoms with Crippen molar-refractivity contribution >= 4 is 45.5 Å². The van der Waals surface area contributed by atoms with E-state index in [1.165, 1.54) is 6.21 Å². The lowest BCUT2D eigenvalue weighted by atomic mass is 10.2. The Morgan fingerprint density at radius 1 is 1.25 bits per heavy atom. The average molecular weight is 401 g/mol. The van der Waals surface area contributed by atoms with Crippen molar-refractivity contribution in [2.75, 3.05) is 0 Å². The van der Waals surface area contributed by atoms with E-state index in [4.69, 9.17) is 0 Å². The number of nitrogens with one attached hydrogen (secondary N) is 2. The molecule has 5 nitrogen and oxygen atoms in total. The molecule has 0 saturated heterocycles. The van der Waals surface area contributed by atoms with Gasteiger partial charge < -0.3 is 0 Å². The van der Waals surface area contributed by atoms with Crippen LogP contribution in [0.3, 0.4) is 0 Å². The number of hydrazone groups is 1. The predicted molar refractivity (Wildman–Crippen MR) is 101 cm³/mol. The van der Waals surface area contributed by atoms with E-state index < -0.39 is 0 Å². The number of thiophene rings is 1. The topological polar surface area (TPSA) is 70.1 Å². The molecule has 2 aromatic heterocycles. The highest BCUT2D eigenvalue weighted by Crippen LogP contribution is 2.30. The number of hydrogen-bond donors (Lipinski definition) is 2. The second kappa shape index (κ2) is 7.85. The Morgan fingerprint density at radius 3 is 2.83 bits per heavy atom. The van der Waals surface area contributed by atoms with Crippen LogP contribution in [0.15, 0.2) is 63.5 Å². The Bertz CT molecular complexity index is 883. The number of hydrogen-bond acceptors (Lipinski definition) is 4. The zero-order valence-electron chi connectivity index (χ0n) is 12.4. The van der Waals surface area contributed by atoms with Crippen molar-refractivity contribution in [3.8, 4) is 10.6 Å². The van der Waals surface area contributed by atoms with Crippen molar-refractivity contribution in [1.82, 2.24) is 15.6 Å². The molecule has 2 N–H and O–H groups in total. The summed E-state index contributed by atoms with van der Waals surface area (Å²) in [6, 6.07) is 15.4. The van der Waals surface area contributed by atoms with Crippen LogP contribution in [0, 0.1) is 0 Å². The molecule has 0 saturated carbocycles. The third-order valence-electron chi connectivity index (χ3n) is 3.06. The van der Waals surface area contributed by atoms with E-state index in [2.05, 4.69) is 36.7 Å². The molecule has 0 bridgehead atoms. The fraction of sp³-hybridized carbons (Fsp3) is 0. The van der Waals surface area contributed by atoms with Crippen LogP contribution in [0.4, 0.5) is 0 Å². The smallest absolute Gasteiger partial charge is 0.276 e. The molecule has 7 heteroatoms. The van der Waals surface area contributed by atoms with Gasteiger partial charge in [0, 0.05) is 6.21 Å². The molecule has 2 heterocycles. The minimum absolute atomic E-state index is 0.290. The van der Waals surface area contributed by atoms with Crippen molar-refractivity contribution < 1.29 is 4.79 Å². The summed E-state index contributed by atoms with van der Waals surface area (Å²) in [7, 11) is 0. The summed E-state index contributed by atoms with van der Waals surface area (Å²) in [5, 5.41) is 10.7. The van der Waals surface area contributed by atoms with Gasteiger partial charge in [-0.1, -0.05) is 36.4 Å². The summed E-state index contributed by atoms with van der Waals surface area (Å²) in [4.78, 5) is 13.0. The molecular weight excluding hydrogens is 388 g/mol. The number of H-pyrrole nitrogens is 1. The van der Waals surface area contributed by atoms with Gasteiger partial charge in [-0.15, -0.1) is 11.3 Å². The molecule has 1 amide bonds. The molecule has 3 aromatic rings. The van der Waals surface area contributed by atoms with Gasteiger partial charge in [-0.25, -0.2) is 5.43 Å². The molecule has 0 radical (unpaired) electrons. The van der Waals surface area contributed by atoms with Crippen LogP contribution in [0.2, 0.25) is 0 Å². The standard InChI is InChI=1S/C17H13BrN4OS/c18-16-9-8-15(24-16)13-11-14(21-20-13)17(23)22-19-10-4-7-12-5-2-1-3-6-12/h1-11H,(H,20,21)(H,22,23). The Kier molecular flexibility index (Phi) is 5.35. The second-order valence-electron chi connectivity index (χ2n) is 4.76. The van der Waals surface area contributed by atoms with Gasteiger partial charge in [0.05, 0.1) is 14.4 Å². The van der Waals surface area contributed by atoms with Gasteiger partial charge >= 0.3 is 0 Å². The number of carbonyl (C=O) groups excluding carboxylic acids is 1. The maximum absolute atomic E-state index is 12.0. The Balaban J connectivity index is 1.56. The number of rotatable bonds is 5. The molecule has 0 spiro atoms. The second-order valence-corrected chi connectivity index (χ2v) is 7.22. The molecule has 0 unspecified atom stereocenters. The number of aromatic nitrogens is 2. The molecule has 0 aliphatic rings. The highest BCUT2D eigenvalue weighted by Gasteiger charge is 2.11. The highest BCUT2D eigenvalue weighted by atomic mass is 79.9. The fourth-order valence-electron chi connectivity index (χ4n) is 1.94. The maximum Gasteiger partial charge on any atom is 0.291 e. The quantitative estimate of drug-likeness (QED) is 0.494. The molecule has 24 heavy (non-hydrogen) atoms. The molecule has 0 aliphatic carbocycles. The first-order valence-corrected chi connectivity index (χ1v) is 8.69. The van der Waals surface area contributed by atoms with Crippen LogP contribution in [-0.4, -0.2) is 22.3 Å². The van der Waals surface area contributed by atoms with E-state index in [1.807, 2.05) is 48.5 Å². The van der Waals surface area contributed by atoms with Crippen LogP contribution in [0.25, 0.3) is 16.6 Å². The van der Waals surface area contributed by atoms with E-state index in [1.54, 1.807) is 23.5 Å². The van der Waals surface area contributed by atoms with Crippen molar-refractivity contribution in [2.45, 2.75) is 0 Å². The SMILES string of the molecule is O=C(NN=CC=Cc1ccccc1)c1cc(-c2ccc(Br)s2)[nH]n1. The Hall–Kier alpha value is -2.51. The molecular formula is C17H13BrN4OS. The highest BCUT2D eigenvalue weighted by molar-refractivity contribution is 9.11. The zero-order chi connectivity index (χ0) is 16.8. The average Bonchev–Trinajstić information content (AvgIpc) is 3.24. The summed E-state index contributed by atoms with van der Waals surface area (Å²) < 4.78 is 1.02. The van der Waals surface area contributed by atoms with Gasteiger partial charge in [-0.2, -0.15) is 10.2 Å². The van der Waals surface area contributed by atoms with E-state index >= 15 is 0 Å². The van der Waals surface area contributed by atoms with Crippen molar-refractivity contribution in [3.63, 3.8) is 0 Å². The molecule has 3 rings (SSSR count). The first-order valence-electron chi connectivity index (χ1n) is 7.08. The first kappa shape index (κ1) is 16.4. The molecule has 0 aliphatic heterocycles. The number of aromatic amines is 1. The van der Waals surface area contributed by atoms with E-state index in [-0.39, 0.29) is 5.91 Å². The third kappa shape index (κ3) is 4.27. The monoisotopic (exact) mass is 400 g/mol. The summed E-state index contributed by atoms with van der Waals surface area (Å²) >= 11 is 4.97. The van der Waals surface area contributed by atoms with E-state index in [9.17, 15) is 4.79 Å². The number of halogens is 1. The van der Waals surface area contributed by atoms with Crippen LogP contribution < -0.4 is 5.43 Å². The number of carbonyl (C=O) groups is 1. The van der Waals surface area contributed by atoms with Crippen LogP contribution in [0.1, 0.15) is 16.1 Å². The van der Waals surface area contributed by atoms with E-state index in [0.29, 0.717) is 5.69 Å². The maximum atomic E-state index is 12.0. The van der Waals surface area contributed by atoms with Crippen LogP contribution in [0.5, 0.6) is 0 Å². The number of benzene rings is 1. The lowest BCUT2D eigenvalue weighted by Gasteiger charge is -1.93. The van der Waals surface area contributed by atoms with Gasteiger partial charge in [0.2, 0.25) is 0 Å². The normalized spacial score (nSPS) is 11.4. The number of nitrogens with zero attached hydrogens (tertiary/aromatic N) is 2. The summed E-state index contributed by atoms with van der Waals surface area (Å²) in [6.07, 6.45) is 5.18. The summed E-state index contributed by atoms with van der Waals surface area (Å²) in [5.74, 6) is -0.363. The minimum Gasteiger partial charge on any atom is -0.276 e. The lowest BCUT2D eigenvalue weighted by molar-refractivity contribution is 0.0950. The zero-order valence-corrected chi connectivity index (χ0v) is 14.8. The molecule has 120 valence electrons. The number of allylic oxidation sites excluding steroid dienone is 1. The summed E-state index contributed by atoms with van der Waals surface area (Å²) in [5.41, 5.74) is 4.60. The van der Waals surface area contributed by atoms with Gasteiger partial charge in [0.25, 0.3) is 5.91 Å². The van der Waals surface area contributed by atoms with Crippen molar-refractivity contribution in [2.24, 2.45) is 5.10 Å². The third-order valence-corrected chi connectivity index (χ3v) is 4.72. The van der Waals surface area contributed by atoms with Gasteiger partial charge in [0.15, 0.2) is 5.69 Å². The number of amides is 1. The van der Waals surface area contributed by atoms with Crippen LogP contribution in [-0.2, 0) is 0 Å².